The fraction of sp³-hybridized carbons (Fsp3) is 0.538. The molecule has 0 saturated carbocycles. The molecule has 1 rings (SSSR count). The van der Waals surface area contributed by atoms with Crippen molar-refractivity contribution in [3.05, 3.63) is 23.8 Å². The fourth-order valence-electron chi connectivity index (χ4n) is 1.47. The summed E-state index contributed by atoms with van der Waals surface area (Å²) in [6, 6.07) is 4.90. The summed E-state index contributed by atoms with van der Waals surface area (Å²) in [4.78, 5) is 0.282. The minimum Gasteiger partial charge on any atom is -0.494 e. The number of sulfonamides is 1. The van der Waals surface area contributed by atoms with Crippen molar-refractivity contribution in [2.24, 2.45) is 5.92 Å². The molecule has 0 aliphatic heterocycles. The molecule has 0 bridgehead atoms. The first kappa shape index (κ1) is 15.0. The van der Waals surface area contributed by atoms with E-state index < -0.39 is 10.0 Å². The van der Waals surface area contributed by atoms with Crippen LogP contribution in [-0.2, 0) is 10.0 Å². The highest BCUT2D eigenvalue weighted by molar-refractivity contribution is 7.89. The van der Waals surface area contributed by atoms with Gasteiger partial charge in [0.25, 0.3) is 0 Å². The van der Waals surface area contributed by atoms with E-state index in [2.05, 4.69) is 4.72 Å². The van der Waals surface area contributed by atoms with Gasteiger partial charge in [-0.1, -0.05) is 13.8 Å². The van der Waals surface area contributed by atoms with Crippen molar-refractivity contribution in [2.45, 2.75) is 32.6 Å². The zero-order valence-electron chi connectivity index (χ0n) is 11.4. The van der Waals surface area contributed by atoms with Gasteiger partial charge in [0.15, 0.2) is 0 Å². The van der Waals surface area contributed by atoms with Crippen LogP contribution in [-0.4, -0.2) is 21.6 Å². The van der Waals surface area contributed by atoms with E-state index in [4.69, 9.17) is 4.74 Å². The van der Waals surface area contributed by atoms with Crippen molar-refractivity contribution in [1.29, 1.82) is 0 Å². The molecule has 0 aliphatic rings. The van der Waals surface area contributed by atoms with Crippen LogP contribution < -0.4 is 9.46 Å². The topological polar surface area (TPSA) is 55.4 Å². The molecule has 0 spiro atoms. The molecule has 0 radical (unpaired) electrons. The number of rotatable bonds is 6. The van der Waals surface area contributed by atoms with Crippen molar-refractivity contribution in [2.75, 3.05) is 13.2 Å². The van der Waals surface area contributed by atoms with E-state index in [0.717, 1.165) is 11.3 Å². The van der Waals surface area contributed by atoms with E-state index >= 15 is 0 Å². The number of hydrogen-bond acceptors (Lipinski definition) is 3. The molecule has 5 heteroatoms. The van der Waals surface area contributed by atoms with Crippen molar-refractivity contribution in [3.8, 4) is 5.75 Å². The highest BCUT2D eigenvalue weighted by atomic mass is 32.2. The second-order valence-corrected chi connectivity index (χ2v) is 6.37. The van der Waals surface area contributed by atoms with Crippen LogP contribution in [0.25, 0.3) is 0 Å². The first-order valence-corrected chi connectivity index (χ1v) is 7.58. The van der Waals surface area contributed by atoms with Crippen LogP contribution >= 0.6 is 0 Å². The molecule has 0 aliphatic carbocycles. The average molecular weight is 271 g/mol. The maximum Gasteiger partial charge on any atom is 0.240 e. The van der Waals surface area contributed by atoms with E-state index in [0.29, 0.717) is 13.2 Å². The minimum absolute atomic E-state index is 0.281. The predicted molar refractivity (Wildman–Crippen MR) is 72.4 cm³/mol. The normalized spacial score (nSPS) is 11.8. The van der Waals surface area contributed by atoms with E-state index in [1.165, 1.54) is 0 Å². The molecule has 0 saturated heterocycles. The van der Waals surface area contributed by atoms with Crippen LogP contribution in [0.2, 0.25) is 0 Å². The summed E-state index contributed by atoms with van der Waals surface area (Å²) >= 11 is 0. The van der Waals surface area contributed by atoms with E-state index in [-0.39, 0.29) is 10.8 Å². The summed E-state index contributed by atoms with van der Waals surface area (Å²) in [7, 11) is -3.42. The maximum absolute atomic E-state index is 12.0. The third-order valence-electron chi connectivity index (χ3n) is 2.44. The largest absolute Gasteiger partial charge is 0.494 e. The Kier molecular flexibility index (Phi) is 5.16. The van der Waals surface area contributed by atoms with Gasteiger partial charge in [-0.2, -0.15) is 0 Å². The second kappa shape index (κ2) is 6.20. The fourth-order valence-corrected chi connectivity index (χ4v) is 2.76. The van der Waals surface area contributed by atoms with Crippen molar-refractivity contribution < 1.29 is 13.2 Å². The molecule has 4 nitrogen and oxygen atoms in total. The van der Waals surface area contributed by atoms with Crippen LogP contribution in [0.15, 0.2) is 23.1 Å². The minimum atomic E-state index is -3.42. The number of aryl methyl sites for hydroxylation is 1. The highest BCUT2D eigenvalue weighted by Gasteiger charge is 2.15. The second-order valence-electron chi connectivity index (χ2n) is 4.61. The summed E-state index contributed by atoms with van der Waals surface area (Å²) in [6.07, 6.45) is 0. The quantitative estimate of drug-likeness (QED) is 0.864. The Labute approximate surface area is 109 Å². The van der Waals surface area contributed by atoms with Crippen molar-refractivity contribution in [3.63, 3.8) is 0 Å². The first-order valence-electron chi connectivity index (χ1n) is 6.10. The zero-order chi connectivity index (χ0) is 13.8. The lowest BCUT2D eigenvalue weighted by atomic mass is 10.2. The first-order chi connectivity index (χ1) is 8.36. The molecule has 0 fully saturated rings. The van der Waals surface area contributed by atoms with Gasteiger partial charge in [0.1, 0.15) is 5.75 Å². The molecule has 0 amide bonds. The smallest absolute Gasteiger partial charge is 0.240 e. The summed E-state index contributed by atoms with van der Waals surface area (Å²) < 4.78 is 32.0. The van der Waals surface area contributed by atoms with Gasteiger partial charge < -0.3 is 4.74 Å². The molecule has 0 heterocycles. The van der Waals surface area contributed by atoms with Gasteiger partial charge in [0, 0.05) is 6.54 Å². The molecular weight excluding hydrogens is 250 g/mol. The average Bonchev–Trinajstić information content (AvgIpc) is 2.29. The van der Waals surface area contributed by atoms with Gasteiger partial charge in [0.2, 0.25) is 10.0 Å². The molecule has 0 atom stereocenters. The Bertz CT molecular complexity index is 495. The third-order valence-corrected chi connectivity index (χ3v) is 3.86. The third kappa shape index (κ3) is 3.99. The monoisotopic (exact) mass is 271 g/mol. The Morgan fingerprint density at radius 1 is 1.33 bits per heavy atom. The Morgan fingerprint density at radius 2 is 2.00 bits per heavy atom. The van der Waals surface area contributed by atoms with Gasteiger partial charge >= 0.3 is 0 Å². The molecule has 18 heavy (non-hydrogen) atoms. The summed E-state index contributed by atoms with van der Waals surface area (Å²) in [5.74, 6) is 1.00. The Hall–Kier alpha value is -1.07. The lowest BCUT2D eigenvalue weighted by molar-refractivity contribution is 0.337. The summed E-state index contributed by atoms with van der Waals surface area (Å²) in [5, 5.41) is 0. The molecule has 1 aromatic carbocycles. The highest BCUT2D eigenvalue weighted by Crippen LogP contribution is 2.21. The van der Waals surface area contributed by atoms with Gasteiger partial charge in [-0.05, 0) is 43.5 Å². The van der Waals surface area contributed by atoms with Gasteiger partial charge in [-0.15, -0.1) is 0 Å². The lowest BCUT2D eigenvalue weighted by Gasteiger charge is -2.11. The number of hydrogen-bond donors (Lipinski definition) is 1. The SMILES string of the molecule is CCOc1ccc(S(=O)(=O)NCC(C)C)cc1C. The molecule has 0 aromatic heterocycles. The molecule has 102 valence electrons. The van der Waals surface area contributed by atoms with E-state index in [1.807, 2.05) is 27.7 Å². The van der Waals surface area contributed by atoms with E-state index in [9.17, 15) is 8.42 Å². The predicted octanol–water partition coefficient (Wildman–Crippen LogP) is 2.33. The van der Waals surface area contributed by atoms with E-state index in [1.54, 1.807) is 18.2 Å². The maximum atomic E-state index is 12.0. The van der Waals surface area contributed by atoms with Crippen LogP contribution in [0.4, 0.5) is 0 Å². The van der Waals surface area contributed by atoms with Gasteiger partial charge in [0.05, 0.1) is 11.5 Å². The van der Waals surface area contributed by atoms with Gasteiger partial charge in [-0.25, -0.2) is 13.1 Å². The van der Waals surface area contributed by atoms with Crippen LogP contribution in [0, 0.1) is 12.8 Å². The van der Waals surface area contributed by atoms with Crippen LogP contribution in [0.3, 0.4) is 0 Å². The van der Waals surface area contributed by atoms with Crippen molar-refractivity contribution >= 4 is 10.0 Å². The summed E-state index contributed by atoms with van der Waals surface area (Å²) in [5.41, 5.74) is 0.823. The summed E-state index contributed by atoms with van der Waals surface area (Å²) in [6.45, 7) is 8.67. The molecule has 1 N–H and O–H groups in total. The molecule has 0 unspecified atom stereocenters. The Balaban J connectivity index is 2.93. The van der Waals surface area contributed by atoms with Gasteiger partial charge in [-0.3, -0.25) is 0 Å². The number of benzene rings is 1. The standard InChI is InChI=1S/C13H21NO3S/c1-5-17-13-7-6-12(8-11(13)4)18(15,16)14-9-10(2)3/h6-8,10,14H,5,9H2,1-4H3. The number of nitrogens with one attached hydrogen (secondary N) is 1. The molecule has 1 aromatic rings. The molecular formula is C13H21NO3S. The van der Waals surface area contributed by atoms with Crippen molar-refractivity contribution in [1.82, 2.24) is 4.72 Å². The number of ether oxygens (including phenoxy) is 1. The lowest BCUT2D eigenvalue weighted by Crippen LogP contribution is -2.27. The Morgan fingerprint density at radius 3 is 2.50 bits per heavy atom. The van der Waals surface area contributed by atoms with Crippen LogP contribution in [0.1, 0.15) is 26.3 Å². The zero-order valence-corrected chi connectivity index (χ0v) is 12.2. The van der Waals surface area contributed by atoms with Crippen LogP contribution in [0.5, 0.6) is 5.75 Å².